The lowest BCUT2D eigenvalue weighted by Crippen LogP contribution is -2.29. The van der Waals surface area contributed by atoms with Gasteiger partial charge in [-0.2, -0.15) is 0 Å². The number of carbonyl (C=O) groups excluding carboxylic acids is 1. The third kappa shape index (κ3) is 2.19. The van der Waals surface area contributed by atoms with E-state index >= 15 is 0 Å². The van der Waals surface area contributed by atoms with Crippen molar-refractivity contribution in [2.75, 3.05) is 0 Å². The third-order valence-electron chi connectivity index (χ3n) is 2.06. The second-order valence-corrected chi connectivity index (χ2v) is 6.80. The molecule has 0 aliphatic carbocycles. The largest absolute Gasteiger partial charge is 0.274 e. The Bertz CT molecular complexity index is 183. The molecule has 1 fully saturated rings. The van der Waals surface area contributed by atoms with Gasteiger partial charge in [-0.1, -0.05) is 51.2 Å². The molecular formula is C9H16OS2. The molecule has 1 saturated heterocycles. The van der Waals surface area contributed by atoms with Gasteiger partial charge >= 0.3 is 0 Å². The number of rotatable bonds is 1. The van der Waals surface area contributed by atoms with Crippen LogP contribution >= 0.6 is 23.5 Å². The van der Waals surface area contributed by atoms with Crippen LogP contribution in [0.15, 0.2) is 0 Å². The summed E-state index contributed by atoms with van der Waals surface area (Å²) in [6.45, 7) is 8.81. The van der Waals surface area contributed by atoms with Crippen LogP contribution in [0.5, 0.6) is 0 Å². The van der Waals surface area contributed by atoms with Crippen molar-refractivity contribution in [2.45, 2.75) is 44.6 Å². The Morgan fingerprint density at radius 2 is 1.92 bits per heavy atom. The van der Waals surface area contributed by atoms with Crippen molar-refractivity contribution in [3.63, 3.8) is 0 Å². The van der Waals surface area contributed by atoms with Crippen LogP contribution in [-0.2, 0) is 0 Å². The highest BCUT2D eigenvalue weighted by Crippen LogP contribution is 2.48. The smallest absolute Gasteiger partial charge is 0.246 e. The zero-order valence-corrected chi connectivity index (χ0v) is 9.72. The van der Waals surface area contributed by atoms with Crippen molar-refractivity contribution in [1.82, 2.24) is 0 Å². The van der Waals surface area contributed by atoms with Gasteiger partial charge in [0.25, 0.3) is 0 Å². The minimum absolute atomic E-state index is 0.254. The molecule has 0 N–H and O–H groups in total. The van der Waals surface area contributed by atoms with E-state index in [1.807, 2.05) is 0 Å². The average Bonchev–Trinajstić information content (AvgIpc) is 2.29. The zero-order valence-electron chi connectivity index (χ0n) is 8.09. The van der Waals surface area contributed by atoms with Gasteiger partial charge in [0.15, 0.2) is 0 Å². The van der Waals surface area contributed by atoms with E-state index in [1.165, 1.54) is 23.5 Å². The molecular weight excluding hydrogens is 188 g/mol. The monoisotopic (exact) mass is 204 g/mol. The predicted molar refractivity (Wildman–Crippen MR) is 57.9 cm³/mol. The Balaban J connectivity index is 2.70. The molecule has 0 bridgehead atoms. The van der Waals surface area contributed by atoms with Crippen molar-refractivity contribution in [3.05, 3.63) is 0 Å². The number of hydrogen-bond acceptors (Lipinski definition) is 3. The summed E-state index contributed by atoms with van der Waals surface area (Å²) in [5.74, 6) is 0. The van der Waals surface area contributed by atoms with Gasteiger partial charge in [0.05, 0.1) is 0 Å². The van der Waals surface area contributed by atoms with Crippen molar-refractivity contribution in [1.29, 1.82) is 0 Å². The van der Waals surface area contributed by atoms with E-state index in [9.17, 15) is 4.79 Å². The molecule has 1 heterocycles. The molecule has 2 unspecified atom stereocenters. The van der Waals surface area contributed by atoms with Crippen molar-refractivity contribution in [2.24, 2.45) is 5.41 Å². The van der Waals surface area contributed by atoms with E-state index in [1.54, 1.807) is 0 Å². The fourth-order valence-electron chi connectivity index (χ4n) is 1.42. The van der Waals surface area contributed by atoms with Crippen LogP contribution < -0.4 is 0 Å². The standard InChI is InChI=1S/C9H16OS2/c1-5-6-7(9(2,3)4)12-8(10)11-6/h6-7H,5H2,1-4H3. The summed E-state index contributed by atoms with van der Waals surface area (Å²) in [7, 11) is 0. The molecule has 0 aromatic carbocycles. The predicted octanol–water partition coefficient (Wildman–Crippen LogP) is 3.78. The Morgan fingerprint density at radius 3 is 2.25 bits per heavy atom. The third-order valence-corrected chi connectivity index (χ3v) is 5.40. The molecule has 0 amide bonds. The maximum Gasteiger partial charge on any atom is 0.246 e. The van der Waals surface area contributed by atoms with Crippen LogP contribution in [0, 0.1) is 5.41 Å². The summed E-state index contributed by atoms with van der Waals surface area (Å²) in [5.41, 5.74) is 0.254. The highest BCUT2D eigenvalue weighted by molar-refractivity contribution is 8.41. The van der Waals surface area contributed by atoms with E-state index in [0.29, 0.717) is 14.9 Å². The first-order chi connectivity index (χ1) is 5.45. The lowest BCUT2D eigenvalue weighted by Gasteiger charge is -2.29. The molecule has 1 aliphatic heterocycles. The Labute approximate surface area is 83.1 Å². The first-order valence-corrected chi connectivity index (χ1v) is 6.08. The molecule has 0 spiro atoms. The second kappa shape index (κ2) is 3.62. The topological polar surface area (TPSA) is 17.1 Å². The summed E-state index contributed by atoms with van der Waals surface area (Å²) < 4.78 is 0.307. The van der Waals surface area contributed by atoms with E-state index in [0.717, 1.165) is 6.42 Å². The zero-order chi connectivity index (χ0) is 9.35. The van der Waals surface area contributed by atoms with Gasteiger partial charge in [0.2, 0.25) is 4.45 Å². The van der Waals surface area contributed by atoms with Gasteiger partial charge in [-0.15, -0.1) is 0 Å². The number of thioether (sulfide) groups is 2. The molecule has 1 nitrogen and oxygen atoms in total. The Hall–Kier alpha value is 0.370. The second-order valence-electron chi connectivity index (χ2n) is 4.22. The van der Waals surface area contributed by atoms with Crippen LogP contribution in [0.1, 0.15) is 34.1 Å². The quantitative estimate of drug-likeness (QED) is 0.647. The van der Waals surface area contributed by atoms with Gasteiger partial charge < -0.3 is 0 Å². The van der Waals surface area contributed by atoms with Crippen LogP contribution in [-0.4, -0.2) is 14.9 Å². The van der Waals surface area contributed by atoms with Crippen LogP contribution in [0.2, 0.25) is 0 Å². The maximum absolute atomic E-state index is 11.2. The molecule has 1 rings (SSSR count). The van der Waals surface area contributed by atoms with Crippen LogP contribution in [0.3, 0.4) is 0 Å². The Morgan fingerprint density at radius 1 is 1.33 bits per heavy atom. The van der Waals surface area contributed by atoms with Crippen molar-refractivity contribution >= 4 is 28.0 Å². The highest BCUT2D eigenvalue weighted by atomic mass is 32.2. The minimum atomic E-state index is 0.254. The van der Waals surface area contributed by atoms with E-state index < -0.39 is 0 Å². The van der Waals surface area contributed by atoms with Gasteiger partial charge in [0, 0.05) is 10.5 Å². The Kier molecular flexibility index (Phi) is 3.16. The van der Waals surface area contributed by atoms with Crippen molar-refractivity contribution < 1.29 is 4.79 Å². The molecule has 1 aliphatic rings. The van der Waals surface area contributed by atoms with Crippen molar-refractivity contribution in [3.8, 4) is 0 Å². The molecule has 3 heteroatoms. The summed E-state index contributed by atoms with van der Waals surface area (Å²) in [4.78, 5) is 11.2. The summed E-state index contributed by atoms with van der Waals surface area (Å²) in [6, 6.07) is 0. The van der Waals surface area contributed by atoms with E-state index in [4.69, 9.17) is 0 Å². The van der Waals surface area contributed by atoms with Crippen LogP contribution in [0.25, 0.3) is 0 Å². The molecule has 70 valence electrons. The van der Waals surface area contributed by atoms with Gasteiger partial charge in [-0.05, 0) is 11.8 Å². The molecule has 2 atom stereocenters. The lowest BCUT2D eigenvalue weighted by atomic mass is 9.89. The summed E-state index contributed by atoms with van der Waals surface area (Å²) in [6.07, 6.45) is 1.10. The maximum atomic E-state index is 11.2. The van der Waals surface area contributed by atoms with E-state index in [-0.39, 0.29) is 5.41 Å². The normalized spacial score (nSPS) is 31.2. The van der Waals surface area contributed by atoms with E-state index in [2.05, 4.69) is 27.7 Å². The van der Waals surface area contributed by atoms with Gasteiger partial charge in [0.1, 0.15) is 0 Å². The SMILES string of the molecule is CCC1SC(=O)SC1C(C)(C)C. The van der Waals surface area contributed by atoms with Gasteiger partial charge in [-0.25, -0.2) is 0 Å². The van der Waals surface area contributed by atoms with Gasteiger partial charge in [-0.3, -0.25) is 4.79 Å². The lowest BCUT2D eigenvalue weighted by molar-refractivity contribution is 0.276. The first-order valence-electron chi connectivity index (χ1n) is 4.32. The molecule has 0 aromatic heterocycles. The molecule has 0 aromatic rings. The summed E-state index contributed by atoms with van der Waals surface area (Å²) >= 11 is 3.05. The molecule has 0 saturated carbocycles. The molecule has 12 heavy (non-hydrogen) atoms. The fourth-order valence-corrected chi connectivity index (χ4v) is 4.51. The van der Waals surface area contributed by atoms with Crippen LogP contribution in [0.4, 0.5) is 4.79 Å². The number of hydrogen-bond donors (Lipinski definition) is 0. The fraction of sp³-hybridized carbons (Fsp3) is 0.889. The summed E-state index contributed by atoms with van der Waals surface area (Å²) in [5, 5.41) is 1.03. The minimum Gasteiger partial charge on any atom is -0.274 e. The first kappa shape index (κ1) is 10.5. The number of carbonyl (C=O) groups is 1. The molecule has 0 radical (unpaired) electrons. The average molecular weight is 204 g/mol. The highest BCUT2D eigenvalue weighted by Gasteiger charge is 2.40.